The third-order valence-electron chi connectivity index (χ3n) is 15.1. The fourth-order valence-electron chi connectivity index (χ4n) is 9.97. The van der Waals surface area contributed by atoms with E-state index in [-0.39, 0.29) is 31.1 Å². The average Bonchev–Trinajstić information content (AvgIpc) is 3.46. The smallest absolute Gasteiger partial charge is 0.306 e. The highest BCUT2D eigenvalue weighted by Gasteiger charge is 2.19. The monoisotopic (exact) mass is 1110 g/mol. The van der Waals surface area contributed by atoms with Crippen molar-refractivity contribution in [1.29, 1.82) is 0 Å². The highest BCUT2D eigenvalue weighted by atomic mass is 16.6. The van der Waals surface area contributed by atoms with Crippen LogP contribution in [0.5, 0.6) is 0 Å². The molecule has 0 heterocycles. The predicted octanol–water partition coefficient (Wildman–Crippen LogP) is 23.8. The van der Waals surface area contributed by atoms with Gasteiger partial charge in [0.15, 0.2) is 6.10 Å². The molecule has 0 N–H and O–H groups in total. The molecule has 0 saturated heterocycles. The maximum absolute atomic E-state index is 12.9. The van der Waals surface area contributed by atoms with Crippen LogP contribution in [0.3, 0.4) is 0 Å². The Morgan fingerprint density at radius 3 is 0.775 bits per heavy atom. The molecular weight excluding hydrogens is 985 g/mol. The van der Waals surface area contributed by atoms with Crippen LogP contribution in [-0.4, -0.2) is 37.2 Å². The number of allylic oxidation sites excluding steroid dienone is 14. The second kappa shape index (κ2) is 68.1. The highest BCUT2D eigenvalue weighted by molar-refractivity contribution is 5.71. The Bertz CT molecular complexity index is 1520. The minimum absolute atomic E-state index is 0.0792. The van der Waals surface area contributed by atoms with Gasteiger partial charge in [0.1, 0.15) is 13.2 Å². The zero-order valence-corrected chi connectivity index (χ0v) is 53.1. The van der Waals surface area contributed by atoms with Gasteiger partial charge in [-0.3, -0.25) is 14.4 Å². The van der Waals surface area contributed by atoms with E-state index in [9.17, 15) is 14.4 Å². The van der Waals surface area contributed by atoms with E-state index >= 15 is 0 Å². The van der Waals surface area contributed by atoms with E-state index < -0.39 is 6.10 Å². The number of hydrogen-bond acceptors (Lipinski definition) is 6. The van der Waals surface area contributed by atoms with E-state index in [2.05, 4.69) is 106 Å². The third-order valence-corrected chi connectivity index (χ3v) is 15.1. The second-order valence-corrected chi connectivity index (χ2v) is 23.1. The van der Waals surface area contributed by atoms with Gasteiger partial charge in [-0.25, -0.2) is 0 Å². The molecule has 0 amide bonds. The number of carbonyl (C=O) groups excluding carboxylic acids is 3. The maximum atomic E-state index is 12.9. The lowest BCUT2D eigenvalue weighted by Gasteiger charge is -2.18. The molecule has 80 heavy (non-hydrogen) atoms. The zero-order chi connectivity index (χ0) is 57.8. The van der Waals surface area contributed by atoms with Crippen LogP contribution in [0.2, 0.25) is 0 Å². The SMILES string of the molecule is CC/C=C\C/C=C\C/C=C\C/C=C\C/C=C\CCCCCCCCCCCCCC(=O)OCC(COC(=O)CCCCCCC/C=C\C/C=C\CCCCCC)OC(=O)CCCCCCCCCCCCCCCCCCCCC. The van der Waals surface area contributed by atoms with E-state index in [0.29, 0.717) is 19.3 Å². The fourth-order valence-corrected chi connectivity index (χ4v) is 9.97. The van der Waals surface area contributed by atoms with Crippen molar-refractivity contribution in [2.24, 2.45) is 0 Å². The molecule has 0 radical (unpaired) electrons. The standard InChI is InChI=1S/C74H130O6/c1-4-7-10-13-16-19-22-25-28-31-33-34-35-36-37-38-39-40-42-43-46-49-52-55-58-61-64-67-73(76)79-70-71(69-78-72(75)66-63-60-57-54-51-48-45-30-27-24-21-18-15-12-9-6-3)80-74(77)68-65-62-59-56-53-50-47-44-41-32-29-26-23-20-17-14-11-8-5-2/h7,10,16,19,21,24-25,28,30,33-34,36-37,45,71H,4-6,8-9,11-15,17-18,20,22-23,26-27,29,31-32,35,38-44,46-70H2,1-3H3/b10-7-,19-16-,24-21-,28-25-,34-33-,37-36-,45-30-. The summed E-state index contributed by atoms with van der Waals surface area (Å²) in [4.78, 5) is 38.4. The van der Waals surface area contributed by atoms with Crippen LogP contribution in [0, 0.1) is 0 Å². The molecule has 1 unspecified atom stereocenters. The Balaban J connectivity index is 4.32. The molecule has 0 rings (SSSR count). The lowest BCUT2D eigenvalue weighted by Crippen LogP contribution is -2.30. The van der Waals surface area contributed by atoms with Gasteiger partial charge in [0.05, 0.1) is 0 Å². The summed E-state index contributed by atoms with van der Waals surface area (Å²) in [5.74, 6) is -0.876. The molecule has 0 bridgehead atoms. The molecule has 1 atom stereocenters. The van der Waals surface area contributed by atoms with Crippen molar-refractivity contribution in [2.75, 3.05) is 13.2 Å². The van der Waals surface area contributed by atoms with Gasteiger partial charge in [-0.15, -0.1) is 0 Å². The third kappa shape index (κ3) is 65.4. The van der Waals surface area contributed by atoms with Crippen molar-refractivity contribution in [3.63, 3.8) is 0 Å². The zero-order valence-electron chi connectivity index (χ0n) is 53.1. The van der Waals surface area contributed by atoms with Gasteiger partial charge in [-0.1, -0.05) is 318 Å². The average molecular weight is 1120 g/mol. The van der Waals surface area contributed by atoms with Gasteiger partial charge in [0.2, 0.25) is 0 Å². The molecule has 0 aromatic carbocycles. The number of ether oxygens (including phenoxy) is 3. The van der Waals surface area contributed by atoms with Gasteiger partial charge < -0.3 is 14.2 Å². The van der Waals surface area contributed by atoms with Crippen LogP contribution in [0.25, 0.3) is 0 Å². The molecule has 0 aliphatic carbocycles. The van der Waals surface area contributed by atoms with Crippen LogP contribution in [0.1, 0.15) is 348 Å². The van der Waals surface area contributed by atoms with Crippen LogP contribution >= 0.6 is 0 Å². The van der Waals surface area contributed by atoms with Crippen LogP contribution in [0.4, 0.5) is 0 Å². The normalized spacial score (nSPS) is 12.6. The minimum atomic E-state index is -0.783. The summed E-state index contributed by atoms with van der Waals surface area (Å²) in [6, 6.07) is 0. The first-order valence-electron chi connectivity index (χ1n) is 34.6. The van der Waals surface area contributed by atoms with E-state index in [4.69, 9.17) is 14.2 Å². The first-order chi connectivity index (χ1) is 39.5. The predicted molar refractivity (Wildman–Crippen MR) is 348 cm³/mol. The van der Waals surface area contributed by atoms with E-state index in [1.54, 1.807) is 0 Å². The summed E-state index contributed by atoms with van der Waals surface area (Å²) in [5.41, 5.74) is 0. The topological polar surface area (TPSA) is 78.9 Å². The van der Waals surface area contributed by atoms with Gasteiger partial charge in [-0.05, 0) is 96.3 Å². The summed E-state index contributed by atoms with van der Waals surface area (Å²) in [7, 11) is 0. The van der Waals surface area contributed by atoms with Gasteiger partial charge in [-0.2, -0.15) is 0 Å². The van der Waals surface area contributed by atoms with Crippen molar-refractivity contribution in [3.8, 4) is 0 Å². The first kappa shape index (κ1) is 76.6. The second-order valence-electron chi connectivity index (χ2n) is 23.1. The Hall–Kier alpha value is -3.41. The van der Waals surface area contributed by atoms with Gasteiger partial charge >= 0.3 is 17.9 Å². The first-order valence-corrected chi connectivity index (χ1v) is 34.6. The Morgan fingerprint density at radius 1 is 0.263 bits per heavy atom. The Kier molecular flexibility index (Phi) is 65.2. The lowest BCUT2D eigenvalue weighted by molar-refractivity contribution is -0.167. The Morgan fingerprint density at radius 2 is 0.487 bits per heavy atom. The summed E-state index contributed by atoms with van der Waals surface area (Å²) in [6.07, 6.45) is 90.2. The van der Waals surface area contributed by atoms with E-state index in [1.807, 2.05) is 0 Å². The number of hydrogen-bond donors (Lipinski definition) is 0. The van der Waals surface area contributed by atoms with Gasteiger partial charge in [0.25, 0.3) is 0 Å². The Labute approximate surface area is 496 Å². The van der Waals surface area contributed by atoms with Crippen molar-refractivity contribution < 1.29 is 28.6 Å². The van der Waals surface area contributed by atoms with E-state index in [1.165, 1.54) is 199 Å². The molecule has 6 nitrogen and oxygen atoms in total. The van der Waals surface area contributed by atoms with Crippen LogP contribution in [-0.2, 0) is 28.6 Å². The fraction of sp³-hybridized carbons (Fsp3) is 0.770. The number of carbonyl (C=O) groups is 3. The number of unbranched alkanes of at least 4 members (excludes halogenated alkanes) is 38. The number of rotatable bonds is 63. The molecule has 0 fully saturated rings. The van der Waals surface area contributed by atoms with Crippen LogP contribution in [0.15, 0.2) is 85.1 Å². The van der Waals surface area contributed by atoms with Crippen molar-refractivity contribution in [1.82, 2.24) is 0 Å². The molecule has 0 saturated carbocycles. The van der Waals surface area contributed by atoms with Crippen molar-refractivity contribution in [3.05, 3.63) is 85.1 Å². The minimum Gasteiger partial charge on any atom is -0.462 e. The molecule has 0 aliphatic rings. The van der Waals surface area contributed by atoms with Crippen LogP contribution < -0.4 is 0 Å². The lowest BCUT2D eigenvalue weighted by atomic mass is 10.0. The molecule has 0 aromatic rings. The van der Waals surface area contributed by atoms with Crippen molar-refractivity contribution >= 4 is 17.9 Å². The molecular formula is C74H130O6. The number of esters is 3. The largest absolute Gasteiger partial charge is 0.462 e. The summed E-state index contributed by atoms with van der Waals surface area (Å²) < 4.78 is 17.0. The molecule has 0 aliphatic heterocycles. The van der Waals surface area contributed by atoms with E-state index in [0.717, 1.165) is 109 Å². The summed E-state index contributed by atoms with van der Waals surface area (Å²) in [6.45, 7) is 6.55. The molecule has 0 spiro atoms. The van der Waals surface area contributed by atoms with Gasteiger partial charge in [0, 0.05) is 19.3 Å². The van der Waals surface area contributed by atoms with Crippen molar-refractivity contribution in [2.45, 2.75) is 354 Å². The quantitative estimate of drug-likeness (QED) is 0.0261. The molecule has 0 aromatic heterocycles. The summed E-state index contributed by atoms with van der Waals surface area (Å²) >= 11 is 0. The molecule has 462 valence electrons. The summed E-state index contributed by atoms with van der Waals surface area (Å²) in [5, 5.41) is 0. The molecule has 6 heteroatoms. The highest BCUT2D eigenvalue weighted by Crippen LogP contribution is 2.17. The maximum Gasteiger partial charge on any atom is 0.306 e.